The van der Waals surface area contributed by atoms with Gasteiger partial charge in [-0.15, -0.1) is 0 Å². The Morgan fingerprint density at radius 2 is 1.22 bits per heavy atom. The molecule has 0 unspecified atom stereocenters. The minimum atomic E-state index is -0.697. The third kappa shape index (κ3) is 2.37. The third-order valence-electron chi connectivity index (χ3n) is 3.55. The van der Waals surface area contributed by atoms with E-state index in [4.69, 9.17) is 0 Å². The van der Waals surface area contributed by atoms with Crippen LogP contribution in [0.25, 0.3) is 11.1 Å². The SMILES string of the molecule is C[SiH](C)C1c2ccccc2-c2ccccc21.[Cl][Ti]. The van der Waals surface area contributed by atoms with Crippen molar-refractivity contribution in [3.8, 4) is 11.1 Å². The van der Waals surface area contributed by atoms with Crippen LogP contribution in [0.3, 0.4) is 0 Å². The van der Waals surface area contributed by atoms with E-state index in [-0.39, 0.29) is 0 Å². The van der Waals surface area contributed by atoms with Crippen molar-refractivity contribution in [1.29, 1.82) is 0 Å². The zero-order chi connectivity index (χ0) is 13.1. The summed E-state index contributed by atoms with van der Waals surface area (Å²) in [6.07, 6.45) is 0. The van der Waals surface area contributed by atoms with Gasteiger partial charge in [-0.25, -0.2) is 0 Å². The molecule has 0 atom stereocenters. The van der Waals surface area contributed by atoms with Gasteiger partial charge in [0.15, 0.2) is 0 Å². The summed E-state index contributed by atoms with van der Waals surface area (Å²) >= 11 is 1.47. The van der Waals surface area contributed by atoms with Crippen LogP contribution < -0.4 is 0 Å². The normalized spacial score (nSPS) is 12.6. The molecule has 2 aromatic carbocycles. The van der Waals surface area contributed by atoms with E-state index in [9.17, 15) is 0 Å². The van der Waals surface area contributed by atoms with Crippen molar-refractivity contribution in [3.05, 3.63) is 59.7 Å². The van der Waals surface area contributed by atoms with E-state index in [1.807, 2.05) is 0 Å². The van der Waals surface area contributed by atoms with Crippen LogP contribution in [0.5, 0.6) is 0 Å². The Kier molecular flexibility index (Phi) is 4.85. The molecule has 0 spiro atoms. The molecule has 0 amide bonds. The molecule has 3 heteroatoms. The van der Waals surface area contributed by atoms with Gasteiger partial charge in [-0.3, -0.25) is 0 Å². The van der Waals surface area contributed by atoms with Crippen LogP contribution in [0.15, 0.2) is 48.5 Å². The predicted molar refractivity (Wildman–Crippen MR) is 78.5 cm³/mol. The van der Waals surface area contributed by atoms with Gasteiger partial charge in [0.1, 0.15) is 0 Å². The first-order valence-corrected chi connectivity index (χ1v) is 11.3. The van der Waals surface area contributed by atoms with Gasteiger partial charge in [-0.2, -0.15) is 0 Å². The second-order valence-electron chi connectivity index (χ2n) is 4.90. The number of fused-ring (bicyclic) bond motifs is 3. The standard InChI is InChI=1S/C15H16Si.ClH.Ti/c1-16(2)15-13-9-5-3-7-11(13)12-8-4-6-10-14(12)15;;/h3-10,15-16H,1-2H3;1H;/q;;+1/p-1. The summed E-state index contributed by atoms with van der Waals surface area (Å²) in [5.74, 6) is 0. The van der Waals surface area contributed by atoms with Gasteiger partial charge in [-0.1, -0.05) is 61.6 Å². The Balaban J connectivity index is 0.000000574. The second-order valence-corrected chi connectivity index (χ2v) is 8.05. The van der Waals surface area contributed by atoms with Crippen LogP contribution >= 0.6 is 9.30 Å². The molecule has 0 aliphatic heterocycles. The topological polar surface area (TPSA) is 0 Å². The van der Waals surface area contributed by atoms with Crippen molar-refractivity contribution in [2.24, 2.45) is 0 Å². The zero-order valence-electron chi connectivity index (χ0n) is 10.7. The van der Waals surface area contributed by atoms with E-state index in [2.05, 4.69) is 70.9 Å². The van der Waals surface area contributed by atoms with Crippen LogP contribution in [0.2, 0.25) is 13.1 Å². The Morgan fingerprint density at radius 3 is 1.61 bits per heavy atom. The van der Waals surface area contributed by atoms with E-state index in [0.29, 0.717) is 5.54 Å². The molecule has 1 aliphatic carbocycles. The van der Waals surface area contributed by atoms with Crippen LogP contribution in [0, 0.1) is 0 Å². The van der Waals surface area contributed by atoms with Gasteiger partial charge < -0.3 is 0 Å². The molecule has 0 N–H and O–H groups in total. The first-order chi connectivity index (χ1) is 8.79. The van der Waals surface area contributed by atoms with Gasteiger partial charge in [0.05, 0.1) is 0 Å². The second kappa shape index (κ2) is 6.21. The van der Waals surface area contributed by atoms with Gasteiger partial charge in [0.2, 0.25) is 0 Å². The van der Waals surface area contributed by atoms with E-state index in [1.165, 1.54) is 30.5 Å². The van der Waals surface area contributed by atoms with Gasteiger partial charge in [0, 0.05) is 14.3 Å². The average Bonchev–Trinajstić information content (AvgIpc) is 2.75. The molecule has 0 fully saturated rings. The minimum absolute atomic E-state index is 0.697. The van der Waals surface area contributed by atoms with Crippen molar-refractivity contribution in [2.45, 2.75) is 18.6 Å². The molecule has 0 saturated heterocycles. The molecule has 0 aromatic heterocycles. The van der Waals surface area contributed by atoms with Gasteiger partial charge in [0.25, 0.3) is 0 Å². The molecular weight excluding hydrogens is 292 g/mol. The van der Waals surface area contributed by atoms with E-state index < -0.39 is 8.80 Å². The molecule has 0 bridgehead atoms. The molecule has 0 heterocycles. The van der Waals surface area contributed by atoms with Crippen molar-refractivity contribution >= 4 is 18.1 Å². The van der Waals surface area contributed by atoms with Crippen LogP contribution in [-0.2, 0) is 19.4 Å². The fourth-order valence-electron chi connectivity index (χ4n) is 2.91. The fourth-order valence-corrected chi connectivity index (χ4v) is 4.93. The summed E-state index contributed by atoms with van der Waals surface area (Å²) in [5.41, 5.74) is 6.76. The molecule has 0 nitrogen and oxygen atoms in total. The Morgan fingerprint density at radius 1 is 0.833 bits per heavy atom. The summed E-state index contributed by atoms with van der Waals surface area (Å²) in [6.45, 7) is 4.90. The fraction of sp³-hybridized carbons (Fsp3) is 0.200. The van der Waals surface area contributed by atoms with Crippen molar-refractivity contribution in [3.63, 3.8) is 0 Å². The molecular formula is C15H16ClSiTi. The van der Waals surface area contributed by atoms with E-state index >= 15 is 0 Å². The van der Waals surface area contributed by atoms with Gasteiger partial charge in [-0.05, 0) is 22.3 Å². The van der Waals surface area contributed by atoms with Gasteiger partial charge >= 0.3 is 28.7 Å². The maximum absolute atomic E-state index is 4.64. The predicted octanol–water partition coefficient (Wildman–Crippen LogP) is 4.51. The Bertz CT molecular complexity index is 494. The quantitative estimate of drug-likeness (QED) is 0.680. The summed E-state index contributed by atoms with van der Waals surface area (Å²) < 4.78 is 0. The average molecular weight is 308 g/mol. The summed E-state index contributed by atoms with van der Waals surface area (Å²) in [4.78, 5) is 0. The first kappa shape index (κ1) is 14.1. The molecule has 1 aliphatic rings. The first-order valence-electron chi connectivity index (χ1n) is 6.16. The van der Waals surface area contributed by atoms with Crippen molar-refractivity contribution in [1.82, 2.24) is 0 Å². The number of benzene rings is 2. The van der Waals surface area contributed by atoms with Crippen molar-refractivity contribution < 1.29 is 19.4 Å². The van der Waals surface area contributed by atoms with E-state index in [1.54, 1.807) is 11.1 Å². The molecule has 18 heavy (non-hydrogen) atoms. The number of rotatable bonds is 1. The molecule has 0 saturated carbocycles. The monoisotopic (exact) mass is 307 g/mol. The van der Waals surface area contributed by atoms with E-state index in [0.717, 1.165) is 0 Å². The third-order valence-corrected chi connectivity index (χ3v) is 5.60. The number of halogens is 1. The number of hydrogen-bond donors (Lipinski definition) is 0. The van der Waals surface area contributed by atoms with Crippen LogP contribution in [0.1, 0.15) is 16.7 Å². The molecule has 3 rings (SSSR count). The Labute approximate surface area is 126 Å². The van der Waals surface area contributed by atoms with Crippen molar-refractivity contribution in [2.75, 3.05) is 0 Å². The summed E-state index contributed by atoms with van der Waals surface area (Å²) in [5, 5.41) is 0. The van der Waals surface area contributed by atoms with Crippen LogP contribution in [-0.4, -0.2) is 8.80 Å². The summed E-state index contributed by atoms with van der Waals surface area (Å²) in [6, 6.07) is 17.8. The zero-order valence-corrected chi connectivity index (χ0v) is 14.1. The Hall–Kier alpha value is -0.339. The maximum atomic E-state index is 4.64. The molecule has 0 radical (unpaired) electrons. The molecule has 91 valence electrons. The number of hydrogen-bond acceptors (Lipinski definition) is 0. The summed E-state index contributed by atoms with van der Waals surface area (Å²) in [7, 11) is 3.94. The molecule has 2 aromatic rings. The van der Waals surface area contributed by atoms with Crippen LogP contribution in [0.4, 0.5) is 0 Å².